The SMILES string of the molecule is C=CCN1C(=O)c2ccc(C(=O)OC(c3ccccc3)c3ccccc3)cc2C1=O. The van der Waals surface area contributed by atoms with Gasteiger partial charge in [0.1, 0.15) is 0 Å². The molecule has 0 atom stereocenters. The molecule has 0 bridgehead atoms. The van der Waals surface area contributed by atoms with E-state index in [1.807, 2.05) is 60.7 Å². The van der Waals surface area contributed by atoms with Crippen LogP contribution in [-0.4, -0.2) is 29.2 Å². The minimum atomic E-state index is -0.595. The first-order valence-corrected chi connectivity index (χ1v) is 9.52. The normalized spacial score (nSPS) is 12.8. The Bertz CT molecular complexity index is 1080. The maximum Gasteiger partial charge on any atom is 0.339 e. The van der Waals surface area contributed by atoms with E-state index in [1.165, 1.54) is 24.3 Å². The van der Waals surface area contributed by atoms with Gasteiger partial charge in [0.25, 0.3) is 11.8 Å². The molecule has 4 rings (SSSR count). The van der Waals surface area contributed by atoms with Gasteiger partial charge in [0.05, 0.1) is 16.7 Å². The van der Waals surface area contributed by atoms with Crippen molar-refractivity contribution >= 4 is 17.8 Å². The first-order chi connectivity index (χ1) is 14.6. The summed E-state index contributed by atoms with van der Waals surface area (Å²) in [6.07, 6.45) is 0.893. The van der Waals surface area contributed by atoms with E-state index >= 15 is 0 Å². The van der Waals surface area contributed by atoms with Gasteiger partial charge < -0.3 is 4.74 Å². The highest BCUT2D eigenvalue weighted by Crippen LogP contribution is 2.29. The first-order valence-electron chi connectivity index (χ1n) is 9.52. The van der Waals surface area contributed by atoms with Gasteiger partial charge in [-0.15, -0.1) is 6.58 Å². The zero-order chi connectivity index (χ0) is 21.1. The predicted molar refractivity (Wildman–Crippen MR) is 112 cm³/mol. The minimum Gasteiger partial charge on any atom is -0.449 e. The number of hydrogen-bond acceptors (Lipinski definition) is 4. The summed E-state index contributed by atoms with van der Waals surface area (Å²) in [6, 6.07) is 23.3. The van der Waals surface area contributed by atoms with Gasteiger partial charge in [-0.05, 0) is 29.3 Å². The van der Waals surface area contributed by atoms with Gasteiger partial charge in [-0.3, -0.25) is 14.5 Å². The maximum absolute atomic E-state index is 12.9. The molecule has 3 aromatic carbocycles. The molecule has 0 aliphatic carbocycles. The lowest BCUT2D eigenvalue weighted by Gasteiger charge is -2.19. The third kappa shape index (κ3) is 3.53. The maximum atomic E-state index is 12.9. The minimum absolute atomic E-state index is 0.121. The number of carbonyl (C=O) groups excluding carboxylic acids is 3. The van der Waals surface area contributed by atoms with Gasteiger partial charge >= 0.3 is 5.97 Å². The number of esters is 1. The number of fused-ring (bicyclic) bond motifs is 1. The summed E-state index contributed by atoms with van der Waals surface area (Å²) in [4.78, 5) is 39.0. The Morgan fingerprint density at radius 2 is 1.43 bits per heavy atom. The number of imide groups is 1. The van der Waals surface area contributed by atoms with Gasteiger partial charge in [-0.1, -0.05) is 66.7 Å². The lowest BCUT2D eigenvalue weighted by molar-refractivity contribution is 0.0378. The van der Waals surface area contributed by atoms with Crippen LogP contribution in [0.5, 0.6) is 0 Å². The smallest absolute Gasteiger partial charge is 0.339 e. The van der Waals surface area contributed by atoms with Crippen molar-refractivity contribution < 1.29 is 19.1 Å². The Hall–Kier alpha value is -3.99. The Morgan fingerprint density at radius 3 is 2.00 bits per heavy atom. The number of benzene rings is 3. The van der Waals surface area contributed by atoms with Crippen LogP contribution in [0.3, 0.4) is 0 Å². The third-order valence-electron chi connectivity index (χ3n) is 4.95. The molecule has 0 radical (unpaired) electrons. The van der Waals surface area contributed by atoms with Crippen molar-refractivity contribution in [2.75, 3.05) is 6.54 Å². The number of rotatable bonds is 6. The summed E-state index contributed by atoms with van der Waals surface area (Å²) in [5.74, 6) is -1.40. The molecule has 0 saturated heterocycles. The quantitative estimate of drug-likeness (QED) is 0.351. The van der Waals surface area contributed by atoms with Gasteiger partial charge in [-0.25, -0.2) is 4.79 Å². The Labute approximate surface area is 174 Å². The monoisotopic (exact) mass is 397 g/mol. The second kappa shape index (κ2) is 8.17. The van der Waals surface area contributed by atoms with Gasteiger partial charge in [0, 0.05) is 6.54 Å². The van der Waals surface area contributed by atoms with Crippen molar-refractivity contribution in [3.05, 3.63) is 119 Å². The molecule has 2 amide bonds. The zero-order valence-corrected chi connectivity index (χ0v) is 16.2. The van der Waals surface area contributed by atoms with E-state index in [4.69, 9.17) is 4.74 Å². The molecule has 0 N–H and O–H groups in total. The lowest BCUT2D eigenvalue weighted by atomic mass is 10.0. The molecule has 30 heavy (non-hydrogen) atoms. The zero-order valence-electron chi connectivity index (χ0n) is 16.2. The number of hydrogen-bond donors (Lipinski definition) is 0. The van der Waals surface area contributed by atoms with Crippen molar-refractivity contribution in [1.29, 1.82) is 0 Å². The van der Waals surface area contributed by atoms with Crippen LogP contribution in [0.4, 0.5) is 0 Å². The highest BCUT2D eigenvalue weighted by molar-refractivity contribution is 6.22. The summed E-state index contributed by atoms with van der Waals surface area (Å²) in [5.41, 5.74) is 2.36. The fourth-order valence-corrected chi connectivity index (χ4v) is 3.47. The number of ether oxygens (including phenoxy) is 1. The van der Waals surface area contributed by atoms with Crippen molar-refractivity contribution in [3.8, 4) is 0 Å². The van der Waals surface area contributed by atoms with Crippen LogP contribution < -0.4 is 0 Å². The van der Waals surface area contributed by atoms with Crippen LogP contribution in [-0.2, 0) is 4.74 Å². The fourth-order valence-electron chi connectivity index (χ4n) is 3.47. The van der Waals surface area contributed by atoms with Gasteiger partial charge in [-0.2, -0.15) is 0 Å². The average Bonchev–Trinajstić information content (AvgIpc) is 3.03. The van der Waals surface area contributed by atoms with Crippen molar-refractivity contribution in [1.82, 2.24) is 4.90 Å². The van der Waals surface area contributed by atoms with Crippen LogP contribution in [0.2, 0.25) is 0 Å². The van der Waals surface area contributed by atoms with Crippen LogP contribution in [0.15, 0.2) is 91.5 Å². The highest BCUT2D eigenvalue weighted by atomic mass is 16.5. The summed E-state index contributed by atoms with van der Waals surface area (Å²) >= 11 is 0. The Balaban J connectivity index is 1.64. The van der Waals surface area contributed by atoms with E-state index in [2.05, 4.69) is 6.58 Å². The topological polar surface area (TPSA) is 63.7 Å². The van der Waals surface area contributed by atoms with Crippen LogP contribution >= 0.6 is 0 Å². The molecule has 0 spiro atoms. The number of amides is 2. The molecule has 0 fully saturated rings. The predicted octanol–water partition coefficient (Wildman–Crippen LogP) is 4.42. The van der Waals surface area contributed by atoms with Crippen molar-refractivity contribution in [3.63, 3.8) is 0 Å². The molecule has 5 heteroatoms. The van der Waals surface area contributed by atoms with E-state index < -0.39 is 18.0 Å². The molecule has 3 aromatic rings. The molecular formula is C25H19NO4. The van der Waals surface area contributed by atoms with Gasteiger partial charge in [0.2, 0.25) is 0 Å². The van der Waals surface area contributed by atoms with Crippen molar-refractivity contribution in [2.24, 2.45) is 0 Å². The molecule has 1 aliphatic rings. The summed E-state index contributed by atoms with van der Waals surface area (Å²) in [6.45, 7) is 3.69. The lowest BCUT2D eigenvalue weighted by Crippen LogP contribution is -2.29. The first kappa shape index (κ1) is 19.3. The average molecular weight is 397 g/mol. The molecule has 0 saturated carbocycles. The van der Waals surface area contributed by atoms with E-state index in [9.17, 15) is 14.4 Å². The number of nitrogens with zero attached hydrogens (tertiary/aromatic N) is 1. The highest BCUT2D eigenvalue weighted by Gasteiger charge is 2.35. The number of carbonyl (C=O) groups is 3. The molecule has 5 nitrogen and oxygen atoms in total. The van der Waals surface area contributed by atoms with E-state index in [0.29, 0.717) is 0 Å². The summed E-state index contributed by atoms with van der Waals surface area (Å²) in [7, 11) is 0. The van der Waals surface area contributed by atoms with Gasteiger partial charge in [0.15, 0.2) is 6.10 Å². The third-order valence-corrected chi connectivity index (χ3v) is 4.95. The Morgan fingerprint density at radius 1 is 0.867 bits per heavy atom. The second-order valence-corrected chi connectivity index (χ2v) is 6.88. The molecule has 1 heterocycles. The summed E-state index contributed by atoms with van der Waals surface area (Å²) in [5, 5.41) is 0. The standard InChI is InChI=1S/C25H19NO4/c1-2-15-26-23(27)20-14-13-19(16-21(20)24(26)28)25(29)30-22(17-9-5-3-6-10-17)18-11-7-4-8-12-18/h2-14,16,22H,1,15H2. The van der Waals surface area contributed by atoms with E-state index in [-0.39, 0.29) is 29.1 Å². The molecular weight excluding hydrogens is 378 g/mol. The fraction of sp³-hybridized carbons (Fsp3) is 0.0800. The van der Waals surface area contributed by atoms with Crippen LogP contribution in [0, 0.1) is 0 Å². The molecule has 0 unspecified atom stereocenters. The van der Waals surface area contributed by atoms with Crippen LogP contribution in [0.25, 0.3) is 0 Å². The summed E-state index contributed by atoms with van der Waals surface area (Å²) < 4.78 is 5.84. The van der Waals surface area contributed by atoms with Crippen molar-refractivity contribution in [2.45, 2.75) is 6.10 Å². The van der Waals surface area contributed by atoms with E-state index in [0.717, 1.165) is 16.0 Å². The second-order valence-electron chi connectivity index (χ2n) is 6.88. The van der Waals surface area contributed by atoms with Crippen LogP contribution in [0.1, 0.15) is 48.3 Å². The molecule has 1 aliphatic heterocycles. The Kier molecular flexibility index (Phi) is 5.26. The molecule has 148 valence electrons. The largest absolute Gasteiger partial charge is 0.449 e. The van der Waals surface area contributed by atoms with E-state index in [1.54, 1.807) is 0 Å². The molecule has 0 aromatic heterocycles.